The van der Waals surface area contributed by atoms with E-state index in [9.17, 15) is 0 Å². The molecule has 0 bridgehead atoms. The Morgan fingerprint density at radius 2 is 0.962 bits per heavy atom. The maximum Gasteiger partial charge on any atom is 0.139 e. The number of fused-ring (bicyclic) bond motifs is 6. The van der Waals surface area contributed by atoms with Crippen LogP contribution in [0.15, 0.2) is 192 Å². The molecule has 0 amide bonds. The molecule has 9 aromatic rings. The van der Waals surface area contributed by atoms with E-state index in [4.69, 9.17) is 4.42 Å². The van der Waals surface area contributed by atoms with Gasteiger partial charge < -0.3 is 9.32 Å². The van der Waals surface area contributed by atoms with Crippen LogP contribution >= 0.6 is 0 Å². The second-order valence-electron chi connectivity index (χ2n) is 14.6. The topological polar surface area (TPSA) is 16.4 Å². The van der Waals surface area contributed by atoms with Gasteiger partial charge in [0, 0.05) is 39.0 Å². The van der Waals surface area contributed by atoms with Gasteiger partial charge in [-0.3, -0.25) is 0 Å². The van der Waals surface area contributed by atoms with Gasteiger partial charge >= 0.3 is 0 Å². The van der Waals surface area contributed by atoms with Crippen LogP contribution in [-0.4, -0.2) is 0 Å². The van der Waals surface area contributed by atoms with Crippen LogP contribution in [0.1, 0.15) is 25.0 Å². The predicted octanol–water partition coefficient (Wildman–Crippen LogP) is 14.4. The van der Waals surface area contributed by atoms with Crippen molar-refractivity contribution >= 4 is 38.8 Å². The van der Waals surface area contributed by atoms with Crippen molar-refractivity contribution in [1.82, 2.24) is 0 Å². The van der Waals surface area contributed by atoms with Gasteiger partial charge in [0.25, 0.3) is 0 Å². The maximum absolute atomic E-state index is 6.42. The summed E-state index contributed by atoms with van der Waals surface area (Å²) in [5.41, 5.74) is 15.2. The molecular weight excluding hydrogens is 643 g/mol. The number of anilines is 3. The summed E-state index contributed by atoms with van der Waals surface area (Å²) in [5.74, 6) is 1.01. The summed E-state index contributed by atoms with van der Waals surface area (Å²) in [6.07, 6.45) is 0. The lowest BCUT2D eigenvalue weighted by atomic mass is 9.80. The molecule has 1 heterocycles. The van der Waals surface area contributed by atoms with E-state index in [2.05, 4.69) is 201 Å². The van der Waals surface area contributed by atoms with Crippen molar-refractivity contribution < 1.29 is 4.42 Å². The molecule has 8 aromatic carbocycles. The molecule has 1 aromatic heterocycles. The van der Waals surface area contributed by atoms with E-state index in [0.717, 1.165) is 28.4 Å². The number of furan rings is 1. The van der Waals surface area contributed by atoms with Crippen LogP contribution in [0.5, 0.6) is 0 Å². The van der Waals surface area contributed by atoms with Crippen LogP contribution in [0.2, 0.25) is 0 Å². The molecule has 0 fully saturated rings. The van der Waals surface area contributed by atoms with Crippen molar-refractivity contribution in [3.8, 4) is 44.7 Å². The van der Waals surface area contributed by atoms with E-state index < -0.39 is 0 Å². The minimum atomic E-state index is -0.153. The van der Waals surface area contributed by atoms with Crippen molar-refractivity contribution in [2.24, 2.45) is 0 Å². The minimum absolute atomic E-state index is 0.153. The quantitative estimate of drug-likeness (QED) is 0.174. The molecule has 0 spiro atoms. The normalized spacial score (nSPS) is 12.9. The number of nitrogens with zero attached hydrogens (tertiary/aromatic N) is 1. The van der Waals surface area contributed by atoms with E-state index >= 15 is 0 Å². The largest absolute Gasteiger partial charge is 0.456 e. The van der Waals surface area contributed by atoms with Crippen LogP contribution < -0.4 is 4.90 Å². The van der Waals surface area contributed by atoms with Gasteiger partial charge in [-0.25, -0.2) is 0 Å². The Bertz CT molecular complexity index is 2790. The molecule has 252 valence electrons. The van der Waals surface area contributed by atoms with Crippen LogP contribution in [-0.2, 0) is 5.41 Å². The van der Waals surface area contributed by atoms with E-state index in [0.29, 0.717) is 0 Å². The smallest absolute Gasteiger partial charge is 0.139 e. The van der Waals surface area contributed by atoms with Gasteiger partial charge in [0.15, 0.2) is 0 Å². The number of hydrogen-bond donors (Lipinski definition) is 0. The van der Waals surface area contributed by atoms with Crippen molar-refractivity contribution in [3.05, 3.63) is 199 Å². The number of para-hydroxylation sites is 1. The molecule has 53 heavy (non-hydrogen) atoms. The molecule has 0 saturated heterocycles. The van der Waals surface area contributed by atoms with Crippen molar-refractivity contribution in [1.29, 1.82) is 0 Å². The minimum Gasteiger partial charge on any atom is -0.456 e. The first kappa shape index (κ1) is 31.1. The molecule has 1 aliphatic rings. The summed E-state index contributed by atoms with van der Waals surface area (Å²) >= 11 is 0. The highest BCUT2D eigenvalue weighted by Gasteiger charge is 2.40. The first-order valence-electron chi connectivity index (χ1n) is 18.3. The molecule has 10 rings (SSSR count). The fraction of sp³-hybridized carbons (Fsp3) is 0.0588. The monoisotopic (exact) mass is 679 g/mol. The maximum atomic E-state index is 6.42. The van der Waals surface area contributed by atoms with Gasteiger partial charge in [0.05, 0.1) is 0 Å². The highest BCUT2D eigenvalue weighted by atomic mass is 16.3. The van der Waals surface area contributed by atoms with Crippen molar-refractivity contribution in [2.45, 2.75) is 19.3 Å². The van der Waals surface area contributed by atoms with Crippen LogP contribution in [0, 0.1) is 0 Å². The van der Waals surface area contributed by atoms with Gasteiger partial charge in [-0.05, 0) is 104 Å². The molecular formula is C51H37NO. The SMILES string of the molecule is CC1(C)c2cc(-c3cccc(-c4ccc(N(c5ccc(-c6ccccc6)cc5)c5ccc6ccccc6c5)cc4)c3)ccc2-c2oc3ccccc3c21. The molecule has 2 heteroatoms. The highest BCUT2D eigenvalue weighted by molar-refractivity contribution is 5.95. The molecule has 2 nitrogen and oxygen atoms in total. The Morgan fingerprint density at radius 3 is 1.72 bits per heavy atom. The third-order valence-electron chi connectivity index (χ3n) is 11.0. The van der Waals surface area contributed by atoms with Crippen molar-refractivity contribution in [2.75, 3.05) is 4.90 Å². The van der Waals surface area contributed by atoms with Gasteiger partial charge in [-0.2, -0.15) is 0 Å². The Kier molecular flexibility index (Phi) is 7.19. The molecule has 1 aliphatic carbocycles. The number of benzene rings is 8. The predicted molar refractivity (Wildman–Crippen MR) is 222 cm³/mol. The van der Waals surface area contributed by atoms with Crippen LogP contribution in [0.3, 0.4) is 0 Å². The first-order valence-corrected chi connectivity index (χ1v) is 18.3. The second-order valence-corrected chi connectivity index (χ2v) is 14.6. The summed E-state index contributed by atoms with van der Waals surface area (Å²) in [5, 5.41) is 3.66. The van der Waals surface area contributed by atoms with Crippen LogP contribution in [0.25, 0.3) is 66.4 Å². The Hall–Kier alpha value is -6.64. The third-order valence-corrected chi connectivity index (χ3v) is 11.0. The lowest BCUT2D eigenvalue weighted by Crippen LogP contribution is -2.15. The summed E-state index contributed by atoms with van der Waals surface area (Å²) in [4.78, 5) is 2.35. The number of rotatable bonds is 6. The third kappa shape index (κ3) is 5.26. The van der Waals surface area contributed by atoms with E-state index in [1.165, 1.54) is 66.2 Å². The second kappa shape index (κ2) is 12.3. The van der Waals surface area contributed by atoms with Gasteiger partial charge in [-0.15, -0.1) is 0 Å². The van der Waals surface area contributed by atoms with E-state index in [1.807, 2.05) is 6.07 Å². The lowest BCUT2D eigenvalue weighted by Gasteiger charge is -2.26. The molecule has 0 aliphatic heterocycles. The number of hydrogen-bond acceptors (Lipinski definition) is 2. The Balaban J connectivity index is 0.992. The molecule has 0 N–H and O–H groups in total. The Labute approximate surface area is 310 Å². The zero-order valence-electron chi connectivity index (χ0n) is 29.8. The lowest BCUT2D eigenvalue weighted by molar-refractivity contribution is 0.619. The summed E-state index contributed by atoms with van der Waals surface area (Å²) in [7, 11) is 0. The average Bonchev–Trinajstić information content (AvgIpc) is 3.71. The van der Waals surface area contributed by atoms with Gasteiger partial charge in [0.1, 0.15) is 11.3 Å². The molecule has 0 unspecified atom stereocenters. The van der Waals surface area contributed by atoms with E-state index in [-0.39, 0.29) is 5.41 Å². The fourth-order valence-electron chi connectivity index (χ4n) is 8.31. The zero-order valence-corrected chi connectivity index (χ0v) is 29.8. The molecule has 0 saturated carbocycles. The average molecular weight is 680 g/mol. The first-order chi connectivity index (χ1) is 26.0. The van der Waals surface area contributed by atoms with Crippen LogP contribution in [0.4, 0.5) is 17.1 Å². The standard InChI is InChI=1S/C51H37NO/c1-51(2)47-33-41(24-30-45(47)50-49(51)46-17-8-9-18-48(46)53-50)39-16-10-15-38(31-39)37-21-27-43(28-22-37)52(44-29-23-35-13-6-7-14-40(35)32-44)42-25-19-36(20-26-42)34-11-4-3-5-12-34/h3-33H,1-2H3. The highest BCUT2D eigenvalue weighted by Crippen LogP contribution is 2.53. The van der Waals surface area contributed by atoms with Gasteiger partial charge in [0.2, 0.25) is 0 Å². The van der Waals surface area contributed by atoms with E-state index in [1.54, 1.807) is 0 Å². The summed E-state index contributed by atoms with van der Waals surface area (Å²) in [6.45, 7) is 4.64. The van der Waals surface area contributed by atoms with Gasteiger partial charge in [-0.1, -0.05) is 147 Å². The molecule has 0 radical (unpaired) electrons. The zero-order chi connectivity index (χ0) is 35.5. The van der Waals surface area contributed by atoms with Crippen molar-refractivity contribution in [3.63, 3.8) is 0 Å². The summed E-state index contributed by atoms with van der Waals surface area (Å²) < 4.78 is 6.42. The fourth-order valence-corrected chi connectivity index (χ4v) is 8.31. The summed E-state index contributed by atoms with van der Waals surface area (Å²) in [6, 6.07) is 67.8. The molecule has 0 atom stereocenters. The Morgan fingerprint density at radius 1 is 0.415 bits per heavy atom.